The van der Waals surface area contributed by atoms with E-state index in [2.05, 4.69) is 0 Å². The van der Waals surface area contributed by atoms with E-state index in [4.69, 9.17) is 16.3 Å². The second-order valence-corrected chi connectivity index (χ2v) is 13.9. The van der Waals surface area contributed by atoms with Gasteiger partial charge in [-0.2, -0.15) is 4.31 Å². The Kier molecular flexibility index (Phi) is 7.19. The number of nitrogens with zero attached hydrogens (tertiary/aromatic N) is 1. The van der Waals surface area contributed by atoms with Crippen molar-refractivity contribution in [3.63, 3.8) is 0 Å². The molecular weight excluding hydrogens is 536 g/mol. The van der Waals surface area contributed by atoms with Crippen LogP contribution < -0.4 is 4.74 Å². The Morgan fingerprint density at radius 1 is 1.11 bits per heavy atom. The quantitative estimate of drug-likeness (QED) is 0.608. The molecule has 1 aliphatic carbocycles. The van der Waals surface area contributed by atoms with Gasteiger partial charge >= 0.3 is 0 Å². The second-order valence-electron chi connectivity index (χ2n) is 9.21. The van der Waals surface area contributed by atoms with Crippen LogP contribution in [0, 0.1) is 23.5 Å². The number of β-amino-alcohol motifs (C(OH)–C–C–N with tert-alkyl or cyclic N) is 1. The second kappa shape index (κ2) is 9.50. The summed E-state index contributed by atoms with van der Waals surface area (Å²) in [6.07, 6.45) is 0.105. The molecular formula is C24H28ClF2NO6S2. The van der Waals surface area contributed by atoms with Gasteiger partial charge in [-0.15, -0.1) is 0 Å². The number of hydrogen-bond acceptors (Lipinski definition) is 6. The minimum Gasteiger partial charge on any atom is -0.490 e. The summed E-state index contributed by atoms with van der Waals surface area (Å²) < 4.78 is 89.5. The van der Waals surface area contributed by atoms with Gasteiger partial charge in [0.25, 0.3) is 0 Å². The van der Waals surface area contributed by atoms with Crippen LogP contribution in [0.5, 0.6) is 5.75 Å². The fourth-order valence-electron chi connectivity index (χ4n) is 6.24. The number of sulfone groups is 1. The first-order chi connectivity index (χ1) is 16.5. The third-order valence-electron chi connectivity index (χ3n) is 7.67. The highest BCUT2D eigenvalue weighted by Crippen LogP contribution is 2.60. The topological polar surface area (TPSA) is 101 Å². The van der Waals surface area contributed by atoms with Crippen LogP contribution in [0.4, 0.5) is 8.78 Å². The van der Waals surface area contributed by atoms with E-state index in [-0.39, 0.29) is 62.7 Å². The molecule has 198 valence electrons. The molecule has 2 aromatic rings. The molecule has 0 aromatic heterocycles. The Hall–Kier alpha value is -1.79. The van der Waals surface area contributed by atoms with Gasteiger partial charge in [0.15, 0.2) is 21.4 Å². The summed E-state index contributed by atoms with van der Waals surface area (Å²) in [5.41, 5.74) is -0.343. The molecule has 2 aliphatic heterocycles. The molecule has 3 aliphatic rings. The minimum atomic E-state index is -4.32. The highest BCUT2D eigenvalue weighted by atomic mass is 35.5. The molecule has 36 heavy (non-hydrogen) atoms. The zero-order valence-electron chi connectivity index (χ0n) is 18.5. The maximum Gasteiger partial charge on any atom is 0.214 e. The van der Waals surface area contributed by atoms with Crippen molar-refractivity contribution >= 4 is 31.5 Å². The maximum atomic E-state index is 15.5. The van der Waals surface area contributed by atoms with Crippen molar-refractivity contribution in [2.75, 3.05) is 25.5 Å². The van der Waals surface area contributed by atoms with Gasteiger partial charge in [0.1, 0.15) is 10.6 Å². The third-order valence-corrected chi connectivity index (χ3v) is 12.4. The predicted molar refractivity (Wildman–Crippen MR) is 131 cm³/mol. The largest absolute Gasteiger partial charge is 0.490 e. The summed E-state index contributed by atoms with van der Waals surface area (Å²) in [6, 6.07) is 6.74. The lowest BCUT2D eigenvalue weighted by atomic mass is 9.64. The van der Waals surface area contributed by atoms with Gasteiger partial charge in [0.2, 0.25) is 10.0 Å². The molecule has 12 heteroatoms. The van der Waals surface area contributed by atoms with Crippen molar-refractivity contribution in [3.05, 3.63) is 58.6 Å². The summed E-state index contributed by atoms with van der Waals surface area (Å²) in [5.74, 6) is -3.76. The van der Waals surface area contributed by atoms with E-state index in [1.807, 2.05) is 0 Å². The Bertz CT molecular complexity index is 1370. The van der Waals surface area contributed by atoms with Crippen LogP contribution in [0.2, 0.25) is 5.02 Å². The van der Waals surface area contributed by atoms with Gasteiger partial charge in [-0.05, 0) is 61.6 Å². The van der Waals surface area contributed by atoms with Crippen LogP contribution in [0.1, 0.15) is 32.3 Å². The van der Waals surface area contributed by atoms with Crippen LogP contribution in [0.3, 0.4) is 0 Å². The first-order valence-corrected chi connectivity index (χ1v) is 14.7. The Morgan fingerprint density at radius 3 is 2.44 bits per heavy atom. The van der Waals surface area contributed by atoms with Crippen molar-refractivity contribution in [1.29, 1.82) is 0 Å². The van der Waals surface area contributed by atoms with Gasteiger partial charge < -0.3 is 9.84 Å². The van der Waals surface area contributed by atoms with Crippen LogP contribution in [0.15, 0.2) is 41.3 Å². The monoisotopic (exact) mass is 563 g/mol. The number of halogens is 3. The van der Waals surface area contributed by atoms with Crippen LogP contribution >= 0.6 is 11.6 Å². The zero-order valence-corrected chi connectivity index (χ0v) is 20.9. The third kappa shape index (κ3) is 3.86. The minimum absolute atomic E-state index is 0. The lowest BCUT2D eigenvalue weighted by molar-refractivity contribution is 0.0186. The molecule has 1 saturated carbocycles. The van der Waals surface area contributed by atoms with E-state index < -0.39 is 59.9 Å². The van der Waals surface area contributed by atoms with Gasteiger partial charge in [-0.1, -0.05) is 19.0 Å². The molecule has 0 radical (unpaired) electrons. The van der Waals surface area contributed by atoms with Crippen molar-refractivity contribution in [2.45, 2.75) is 42.4 Å². The molecule has 2 fully saturated rings. The molecule has 5 rings (SSSR count). The molecule has 2 heterocycles. The first-order valence-electron chi connectivity index (χ1n) is 11.3. The van der Waals surface area contributed by atoms with Gasteiger partial charge in [-0.3, -0.25) is 0 Å². The lowest BCUT2D eigenvalue weighted by Gasteiger charge is -2.56. The SMILES string of the molecule is C.O=S1(=O)CC[C@@H]2[C@@H](CC[C@@]3(S(=O)(=O)c4ccc(Cl)cc4)c4c(F)ccc(F)c4OC[C@@H]23)N1CCO. The molecule has 0 spiro atoms. The van der Waals surface area contributed by atoms with E-state index in [0.717, 1.165) is 12.1 Å². The van der Waals surface area contributed by atoms with Crippen molar-refractivity contribution in [3.8, 4) is 5.75 Å². The number of aliphatic hydroxyl groups is 1. The number of fused-ring (bicyclic) bond motifs is 5. The fraction of sp³-hybridized carbons (Fsp3) is 0.500. The van der Waals surface area contributed by atoms with E-state index in [9.17, 15) is 26.3 Å². The summed E-state index contributed by atoms with van der Waals surface area (Å²) in [6.45, 7) is -0.720. The van der Waals surface area contributed by atoms with Crippen molar-refractivity contribution < 1.29 is 35.5 Å². The summed E-state index contributed by atoms with van der Waals surface area (Å²) >= 11 is 5.97. The summed E-state index contributed by atoms with van der Waals surface area (Å²) in [7, 11) is -7.97. The van der Waals surface area contributed by atoms with Crippen molar-refractivity contribution in [1.82, 2.24) is 4.31 Å². The normalized spacial score (nSPS) is 29.2. The number of hydrogen-bond donors (Lipinski definition) is 1. The van der Waals surface area contributed by atoms with Gasteiger partial charge in [0.05, 0.1) is 29.4 Å². The zero-order chi connectivity index (χ0) is 25.2. The first kappa shape index (κ1) is 27.3. The molecule has 1 N–H and O–H groups in total. The highest BCUT2D eigenvalue weighted by molar-refractivity contribution is 7.92. The average molecular weight is 564 g/mol. The molecule has 7 nitrogen and oxygen atoms in total. The van der Waals surface area contributed by atoms with Gasteiger partial charge in [-0.25, -0.2) is 25.6 Å². The van der Waals surface area contributed by atoms with E-state index in [0.29, 0.717) is 5.02 Å². The molecule has 2 aromatic carbocycles. The number of benzene rings is 2. The number of aliphatic hydroxyl groups excluding tert-OH is 1. The van der Waals surface area contributed by atoms with E-state index >= 15 is 4.39 Å². The van der Waals surface area contributed by atoms with Crippen LogP contribution in [-0.4, -0.2) is 57.8 Å². The number of sulfonamides is 1. The number of rotatable bonds is 4. The van der Waals surface area contributed by atoms with Crippen LogP contribution in [-0.2, 0) is 24.6 Å². The molecule has 0 amide bonds. The summed E-state index contributed by atoms with van der Waals surface area (Å²) in [5, 5.41) is 9.82. The number of ether oxygens (including phenoxy) is 1. The predicted octanol–water partition coefficient (Wildman–Crippen LogP) is 3.74. The fourth-order valence-corrected chi connectivity index (χ4v) is 10.6. The molecule has 4 atom stereocenters. The lowest BCUT2D eigenvalue weighted by Crippen LogP contribution is -2.63. The molecule has 0 bridgehead atoms. The molecule has 1 saturated heterocycles. The Morgan fingerprint density at radius 2 is 1.78 bits per heavy atom. The van der Waals surface area contributed by atoms with E-state index in [1.54, 1.807) is 0 Å². The maximum absolute atomic E-state index is 15.5. The standard InChI is InChI=1S/C23H24ClF2NO6S2.CH4/c24-14-1-3-15(4-2-14)35(31,32)23-9-7-20-16(8-12-34(29,30)27(20)10-11-28)17(23)13-33-22-19(26)6-5-18(25)21(22)23;/h1-6,16-17,20,28H,7-13H2;1H4/t16-,17-,20+,23-;/m0./s1. The summed E-state index contributed by atoms with van der Waals surface area (Å²) in [4.78, 5) is -0.0856. The highest BCUT2D eigenvalue weighted by Gasteiger charge is 2.64. The average Bonchev–Trinajstić information content (AvgIpc) is 2.82. The molecule has 0 unspecified atom stereocenters. The van der Waals surface area contributed by atoms with Crippen LogP contribution in [0.25, 0.3) is 0 Å². The van der Waals surface area contributed by atoms with Crippen molar-refractivity contribution in [2.24, 2.45) is 11.8 Å². The van der Waals surface area contributed by atoms with Gasteiger partial charge in [0, 0.05) is 23.5 Å². The smallest absolute Gasteiger partial charge is 0.214 e. The Balaban J connectivity index is 0.00000304. The van der Waals surface area contributed by atoms with E-state index in [1.165, 1.54) is 28.6 Å². The Labute approximate surface area is 215 Å².